The minimum Gasteiger partial charge on any atom is -0.494 e. The molecule has 0 aromatic heterocycles. The summed E-state index contributed by atoms with van der Waals surface area (Å²) in [5, 5.41) is 2.90. The van der Waals surface area contributed by atoms with E-state index in [1.54, 1.807) is 11.8 Å². The van der Waals surface area contributed by atoms with E-state index < -0.39 is 6.04 Å². The lowest BCUT2D eigenvalue weighted by Crippen LogP contribution is -2.47. The molecule has 0 aliphatic heterocycles. The van der Waals surface area contributed by atoms with Gasteiger partial charge < -0.3 is 15.0 Å². The Hall–Kier alpha value is -2.82. The summed E-state index contributed by atoms with van der Waals surface area (Å²) in [6, 6.07) is 17.1. The summed E-state index contributed by atoms with van der Waals surface area (Å²) in [6.45, 7) is 7.31. The van der Waals surface area contributed by atoms with Gasteiger partial charge >= 0.3 is 0 Å². The lowest BCUT2D eigenvalue weighted by Gasteiger charge is -2.29. The van der Waals surface area contributed by atoms with Crippen LogP contribution in [0.2, 0.25) is 0 Å². The zero-order valence-electron chi connectivity index (χ0n) is 17.7. The fourth-order valence-corrected chi connectivity index (χ4v) is 3.06. The van der Waals surface area contributed by atoms with Gasteiger partial charge in [0.15, 0.2) is 0 Å². The first-order chi connectivity index (χ1) is 14.0. The lowest BCUT2D eigenvalue weighted by molar-refractivity contribution is -0.140. The highest BCUT2D eigenvalue weighted by atomic mass is 16.5. The number of ether oxygens (including phenoxy) is 1. The molecule has 0 aliphatic rings. The summed E-state index contributed by atoms with van der Waals surface area (Å²) in [4.78, 5) is 27.1. The number of hydrogen-bond acceptors (Lipinski definition) is 3. The summed E-state index contributed by atoms with van der Waals surface area (Å²) in [7, 11) is 0. The number of hydrogen-bond donors (Lipinski definition) is 1. The van der Waals surface area contributed by atoms with Crippen LogP contribution in [0, 0.1) is 6.92 Å². The molecule has 0 fully saturated rings. The third-order valence-electron chi connectivity index (χ3n) is 4.70. The third-order valence-corrected chi connectivity index (χ3v) is 4.70. The van der Waals surface area contributed by atoms with Crippen molar-refractivity contribution in [2.24, 2.45) is 0 Å². The monoisotopic (exact) mass is 396 g/mol. The highest BCUT2D eigenvalue weighted by Gasteiger charge is 2.25. The van der Waals surface area contributed by atoms with Crippen LogP contribution in [0.5, 0.6) is 5.75 Å². The molecule has 0 saturated heterocycles. The number of nitrogens with zero attached hydrogens (tertiary/aromatic N) is 1. The van der Waals surface area contributed by atoms with E-state index >= 15 is 0 Å². The number of para-hydroxylation sites is 1. The van der Waals surface area contributed by atoms with Crippen LogP contribution in [0.15, 0.2) is 54.6 Å². The van der Waals surface area contributed by atoms with Crippen molar-refractivity contribution in [1.29, 1.82) is 0 Å². The number of rotatable bonds is 11. The van der Waals surface area contributed by atoms with Crippen molar-refractivity contribution < 1.29 is 14.3 Å². The Morgan fingerprint density at radius 3 is 2.55 bits per heavy atom. The van der Waals surface area contributed by atoms with Gasteiger partial charge in [-0.2, -0.15) is 0 Å². The standard InChI is InChI=1S/C24H32N2O3/c1-4-15-25-24(28)20(3)26(18-21-11-8-10-19(2)17-21)23(27)14-9-16-29-22-12-6-5-7-13-22/h5-8,10-13,17,20H,4,9,14-16,18H2,1-3H3,(H,25,28)/t20-/m1/s1. The van der Waals surface area contributed by atoms with E-state index in [0.717, 1.165) is 23.3 Å². The molecule has 0 saturated carbocycles. The lowest BCUT2D eigenvalue weighted by atomic mass is 10.1. The highest BCUT2D eigenvalue weighted by Crippen LogP contribution is 2.14. The molecule has 29 heavy (non-hydrogen) atoms. The van der Waals surface area contributed by atoms with Crippen molar-refractivity contribution in [3.05, 3.63) is 65.7 Å². The van der Waals surface area contributed by atoms with Gasteiger partial charge in [-0.05, 0) is 44.4 Å². The number of nitrogens with one attached hydrogen (secondary N) is 1. The fourth-order valence-electron chi connectivity index (χ4n) is 3.06. The molecule has 0 aliphatic carbocycles. The van der Waals surface area contributed by atoms with Crippen LogP contribution < -0.4 is 10.1 Å². The number of carbonyl (C=O) groups excluding carboxylic acids is 2. The highest BCUT2D eigenvalue weighted by molar-refractivity contribution is 5.87. The molecule has 156 valence electrons. The SMILES string of the molecule is CCCNC(=O)[C@@H](C)N(Cc1cccc(C)c1)C(=O)CCCOc1ccccc1. The molecule has 1 N–H and O–H groups in total. The third kappa shape index (κ3) is 7.60. The molecule has 5 nitrogen and oxygen atoms in total. The molecule has 2 aromatic carbocycles. The first-order valence-corrected chi connectivity index (χ1v) is 10.3. The molecular formula is C24H32N2O3. The molecule has 0 bridgehead atoms. The maximum Gasteiger partial charge on any atom is 0.242 e. The summed E-state index contributed by atoms with van der Waals surface area (Å²) in [5.74, 6) is 0.639. The van der Waals surface area contributed by atoms with Gasteiger partial charge in [-0.25, -0.2) is 0 Å². The van der Waals surface area contributed by atoms with E-state index in [1.807, 2.05) is 62.4 Å². The second-order valence-electron chi connectivity index (χ2n) is 7.24. The Bertz CT molecular complexity index is 777. The topological polar surface area (TPSA) is 58.6 Å². The minimum absolute atomic E-state index is 0.0395. The average molecular weight is 397 g/mol. The Morgan fingerprint density at radius 2 is 1.86 bits per heavy atom. The number of aryl methyl sites for hydroxylation is 1. The van der Waals surface area contributed by atoms with E-state index in [4.69, 9.17) is 4.74 Å². The molecule has 0 unspecified atom stereocenters. The first-order valence-electron chi connectivity index (χ1n) is 10.3. The quantitative estimate of drug-likeness (QED) is 0.582. The molecular weight excluding hydrogens is 364 g/mol. The molecule has 0 heterocycles. The van der Waals surface area contributed by atoms with Crippen molar-refractivity contribution in [2.75, 3.05) is 13.2 Å². The number of benzene rings is 2. The van der Waals surface area contributed by atoms with Gasteiger partial charge in [-0.15, -0.1) is 0 Å². The maximum atomic E-state index is 13.0. The summed E-state index contributed by atoms with van der Waals surface area (Å²) >= 11 is 0. The fraction of sp³-hybridized carbons (Fsp3) is 0.417. The van der Waals surface area contributed by atoms with E-state index in [1.165, 1.54) is 0 Å². The summed E-state index contributed by atoms with van der Waals surface area (Å²) in [5.41, 5.74) is 2.16. The van der Waals surface area contributed by atoms with E-state index in [0.29, 0.717) is 32.5 Å². The smallest absolute Gasteiger partial charge is 0.242 e. The van der Waals surface area contributed by atoms with E-state index in [2.05, 4.69) is 11.4 Å². The van der Waals surface area contributed by atoms with Gasteiger partial charge in [0, 0.05) is 19.5 Å². The summed E-state index contributed by atoms with van der Waals surface area (Å²) < 4.78 is 5.68. The van der Waals surface area contributed by atoms with Crippen LogP contribution in [-0.4, -0.2) is 35.9 Å². The molecule has 2 aromatic rings. The van der Waals surface area contributed by atoms with Crippen LogP contribution in [0.4, 0.5) is 0 Å². The predicted octanol–water partition coefficient (Wildman–Crippen LogP) is 4.10. The van der Waals surface area contributed by atoms with Crippen LogP contribution in [0.3, 0.4) is 0 Å². The van der Waals surface area contributed by atoms with Crippen molar-refractivity contribution >= 4 is 11.8 Å². The largest absolute Gasteiger partial charge is 0.494 e. The Morgan fingerprint density at radius 1 is 1.10 bits per heavy atom. The van der Waals surface area contributed by atoms with Gasteiger partial charge in [0.05, 0.1) is 6.61 Å². The van der Waals surface area contributed by atoms with Crippen molar-refractivity contribution in [3.8, 4) is 5.75 Å². The molecule has 0 spiro atoms. The Labute approximate surface area is 174 Å². The normalized spacial score (nSPS) is 11.6. The van der Waals surface area contributed by atoms with E-state index in [-0.39, 0.29) is 11.8 Å². The second kappa shape index (κ2) is 11.9. The zero-order chi connectivity index (χ0) is 21.1. The van der Waals surface area contributed by atoms with Gasteiger partial charge in [-0.3, -0.25) is 9.59 Å². The van der Waals surface area contributed by atoms with Crippen molar-refractivity contribution in [2.45, 2.75) is 52.6 Å². The van der Waals surface area contributed by atoms with Gasteiger partial charge in [0.2, 0.25) is 11.8 Å². The summed E-state index contributed by atoms with van der Waals surface area (Å²) in [6.07, 6.45) is 1.80. The van der Waals surface area contributed by atoms with Crippen LogP contribution in [0.25, 0.3) is 0 Å². The molecule has 1 atom stereocenters. The van der Waals surface area contributed by atoms with E-state index in [9.17, 15) is 9.59 Å². The van der Waals surface area contributed by atoms with Gasteiger partial charge in [0.25, 0.3) is 0 Å². The minimum atomic E-state index is -0.524. The van der Waals surface area contributed by atoms with Gasteiger partial charge in [0.1, 0.15) is 11.8 Å². The van der Waals surface area contributed by atoms with Crippen LogP contribution in [0.1, 0.15) is 44.2 Å². The van der Waals surface area contributed by atoms with Gasteiger partial charge in [-0.1, -0.05) is 55.0 Å². The maximum absolute atomic E-state index is 13.0. The predicted molar refractivity (Wildman–Crippen MR) is 116 cm³/mol. The Balaban J connectivity index is 1.98. The molecule has 5 heteroatoms. The Kier molecular flexibility index (Phi) is 9.22. The van der Waals surface area contributed by atoms with Crippen LogP contribution >= 0.6 is 0 Å². The van der Waals surface area contributed by atoms with Crippen molar-refractivity contribution in [1.82, 2.24) is 10.2 Å². The number of carbonyl (C=O) groups is 2. The second-order valence-corrected chi connectivity index (χ2v) is 7.24. The number of amides is 2. The first kappa shape index (κ1) is 22.5. The molecule has 0 radical (unpaired) electrons. The average Bonchev–Trinajstić information content (AvgIpc) is 2.73. The van der Waals surface area contributed by atoms with Crippen LogP contribution in [-0.2, 0) is 16.1 Å². The molecule has 2 amide bonds. The molecule has 2 rings (SSSR count). The zero-order valence-corrected chi connectivity index (χ0v) is 17.7. The van der Waals surface area contributed by atoms with Crippen molar-refractivity contribution in [3.63, 3.8) is 0 Å².